The molecule has 0 aliphatic carbocycles. The average molecular weight is 321 g/mol. The number of pyridine rings is 1. The number of aryl methyl sites for hydroxylation is 1. The van der Waals surface area contributed by atoms with Gasteiger partial charge in [0.1, 0.15) is 5.60 Å². The second kappa shape index (κ2) is 7.75. The number of carbonyl (C=O) groups is 1. The van der Waals surface area contributed by atoms with Crippen LogP contribution in [0.1, 0.15) is 32.0 Å². The maximum Gasteiger partial charge on any atom is 0.410 e. The number of hydrogen-bond donors (Lipinski definition) is 1. The molecule has 1 aliphatic rings. The number of ether oxygens (including phenoxy) is 2. The molecule has 23 heavy (non-hydrogen) atoms. The van der Waals surface area contributed by atoms with Gasteiger partial charge in [-0.05, 0) is 39.3 Å². The molecular formula is C17H27N3O3. The molecule has 128 valence electrons. The number of rotatable bonds is 4. The summed E-state index contributed by atoms with van der Waals surface area (Å²) >= 11 is 0. The van der Waals surface area contributed by atoms with Crippen LogP contribution in [0.2, 0.25) is 0 Å². The van der Waals surface area contributed by atoms with Gasteiger partial charge in [-0.1, -0.05) is 6.07 Å². The van der Waals surface area contributed by atoms with Gasteiger partial charge >= 0.3 is 6.09 Å². The Morgan fingerprint density at radius 2 is 2.26 bits per heavy atom. The van der Waals surface area contributed by atoms with Crippen LogP contribution in [0.5, 0.6) is 0 Å². The molecule has 6 heteroatoms. The quantitative estimate of drug-likeness (QED) is 0.920. The molecule has 1 aliphatic heterocycles. The van der Waals surface area contributed by atoms with Crippen molar-refractivity contribution in [1.29, 1.82) is 0 Å². The van der Waals surface area contributed by atoms with Crippen LogP contribution in [0.25, 0.3) is 0 Å². The summed E-state index contributed by atoms with van der Waals surface area (Å²) in [5.41, 5.74) is 1.64. The van der Waals surface area contributed by atoms with Crippen molar-refractivity contribution in [2.24, 2.45) is 0 Å². The molecule has 1 aromatic heterocycles. The van der Waals surface area contributed by atoms with Gasteiger partial charge in [0, 0.05) is 25.8 Å². The Morgan fingerprint density at radius 3 is 2.91 bits per heavy atom. The average Bonchev–Trinajstić information content (AvgIpc) is 2.48. The van der Waals surface area contributed by atoms with Crippen LogP contribution in [-0.4, -0.2) is 53.9 Å². The fourth-order valence-corrected chi connectivity index (χ4v) is 2.35. The van der Waals surface area contributed by atoms with E-state index in [9.17, 15) is 4.79 Å². The summed E-state index contributed by atoms with van der Waals surface area (Å²) in [7, 11) is 0. The van der Waals surface area contributed by atoms with Crippen molar-refractivity contribution in [3.63, 3.8) is 0 Å². The van der Waals surface area contributed by atoms with Crippen molar-refractivity contribution in [2.45, 2.75) is 45.9 Å². The number of morpholine rings is 1. The number of hydrogen-bond acceptors (Lipinski definition) is 5. The number of nitrogens with one attached hydrogen (secondary N) is 1. The molecule has 2 rings (SSSR count). The molecular weight excluding hydrogens is 294 g/mol. The van der Waals surface area contributed by atoms with Gasteiger partial charge in [0.25, 0.3) is 0 Å². The molecule has 1 unspecified atom stereocenters. The second-order valence-electron chi connectivity index (χ2n) is 6.86. The summed E-state index contributed by atoms with van der Waals surface area (Å²) in [6.07, 6.45) is 1.58. The van der Waals surface area contributed by atoms with Crippen LogP contribution < -0.4 is 5.32 Å². The van der Waals surface area contributed by atoms with Crippen LogP contribution in [0.3, 0.4) is 0 Å². The van der Waals surface area contributed by atoms with Crippen LogP contribution in [-0.2, 0) is 16.0 Å². The SMILES string of the molecule is Cc1ccc(CNCC2COCCN2C(=O)OC(C)(C)C)nc1. The Balaban J connectivity index is 1.86. The van der Waals surface area contributed by atoms with E-state index in [4.69, 9.17) is 9.47 Å². The van der Waals surface area contributed by atoms with E-state index < -0.39 is 5.60 Å². The molecule has 0 bridgehead atoms. The third-order valence-corrected chi connectivity index (χ3v) is 3.51. The topological polar surface area (TPSA) is 63.7 Å². The molecule has 1 fully saturated rings. The summed E-state index contributed by atoms with van der Waals surface area (Å²) in [5.74, 6) is 0. The predicted octanol–water partition coefficient (Wildman–Crippen LogP) is 2.12. The maximum atomic E-state index is 12.3. The monoisotopic (exact) mass is 321 g/mol. The van der Waals surface area contributed by atoms with Gasteiger partial charge in [0.05, 0.1) is 24.9 Å². The summed E-state index contributed by atoms with van der Waals surface area (Å²) in [6.45, 7) is 10.6. The first-order valence-corrected chi connectivity index (χ1v) is 8.05. The van der Waals surface area contributed by atoms with Gasteiger partial charge in [-0.3, -0.25) is 9.88 Å². The maximum absolute atomic E-state index is 12.3. The highest BCUT2D eigenvalue weighted by Crippen LogP contribution is 2.14. The lowest BCUT2D eigenvalue weighted by molar-refractivity contribution is -0.0317. The Morgan fingerprint density at radius 1 is 1.48 bits per heavy atom. The third-order valence-electron chi connectivity index (χ3n) is 3.51. The molecule has 0 radical (unpaired) electrons. The van der Waals surface area contributed by atoms with E-state index in [0.29, 0.717) is 32.8 Å². The molecule has 1 aromatic rings. The van der Waals surface area contributed by atoms with Crippen LogP contribution >= 0.6 is 0 Å². The van der Waals surface area contributed by atoms with Crippen molar-refractivity contribution >= 4 is 6.09 Å². The molecule has 0 saturated carbocycles. The second-order valence-corrected chi connectivity index (χ2v) is 6.86. The lowest BCUT2D eigenvalue weighted by atomic mass is 10.2. The largest absolute Gasteiger partial charge is 0.444 e. The van der Waals surface area contributed by atoms with Crippen LogP contribution in [0.15, 0.2) is 18.3 Å². The molecule has 1 atom stereocenters. The van der Waals surface area contributed by atoms with Crippen molar-refractivity contribution in [3.8, 4) is 0 Å². The Hall–Kier alpha value is -1.66. The van der Waals surface area contributed by atoms with Crippen LogP contribution in [0.4, 0.5) is 4.79 Å². The fraction of sp³-hybridized carbons (Fsp3) is 0.647. The van der Waals surface area contributed by atoms with Gasteiger partial charge in [-0.15, -0.1) is 0 Å². The van der Waals surface area contributed by atoms with Crippen molar-refractivity contribution in [3.05, 3.63) is 29.6 Å². The molecule has 2 heterocycles. The third kappa shape index (κ3) is 5.80. The molecule has 1 N–H and O–H groups in total. The fourth-order valence-electron chi connectivity index (χ4n) is 2.35. The van der Waals surface area contributed by atoms with E-state index in [-0.39, 0.29) is 12.1 Å². The highest BCUT2D eigenvalue weighted by atomic mass is 16.6. The molecule has 6 nitrogen and oxygen atoms in total. The number of aromatic nitrogens is 1. The smallest absolute Gasteiger partial charge is 0.410 e. The minimum Gasteiger partial charge on any atom is -0.444 e. The Bertz CT molecular complexity index is 511. The van der Waals surface area contributed by atoms with Crippen LogP contribution in [0, 0.1) is 6.92 Å². The summed E-state index contributed by atoms with van der Waals surface area (Å²) in [5, 5.41) is 3.35. The van der Waals surface area contributed by atoms with E-state index in [1.54, 1.807) is 4.90 Å². The lowest BCUT2D eigenvalue weighted by Gasteiger charge is -2.36. The Kier molecular flexibility index (Phi) is 5.96. The zero-order valence-corrected chi connectivity index (χ0v) is 14.5. The van der Waals surface area contributed by atoms with E-state index in [1.807, 2.05) is 46.0 Å². The summed E-state index contributed by atoms with van der Waals surface area (Å²) in [6, 6.07) is 4.02. The van der Waals surface area contributed by atoms with E-state index in [2.05, 4.69) is 10.3 Å². The number of amides is 1. The first-order chi connectivity index (χ1) is 10.8. The predicted molar refractivity (Wildman–Crippen MR) is 88.2 cm³/mol. The minimum atomic E-state index is -0.487. The highest BCUT2D eigenvalue weighted by Gasteiger charge is 2.30. The normalized spacial score (nSPS) is 18.8. The van der Waals surface area contributed by atoms with Gasteiger partial charge in [-0.2, -0.15) is 0 Å². The minimum absolute atomic E-state index is 0.0240. The van der Waals surface area contributed by atoms with Crippen molar-refractivity contribution in [2.75, 3.05) is 26.3 Å². The van der Waals surface area contributed by atoms with Gasteiger partial charge < -0.3 is 14.8 Å². The van der Waals surface area contributed by atoms with Crippen molar-refractivity contribution < 1.29 is 14.3 Å². The highest BCUT2D eigenvalue weighted by molar-refractivity contribution is 5.68. The Labute approximate surface area is 138 Å². The van der Waals surface area contributed by atoms with E-state index in [0.717, 1.165) is 11.3 Å². The van der Waals surface area contributed by atoms with Gasteiger partial charge in [0.2, 0.25) is 0 Å². The summed E-state index contributed by atoms with van der Waals surface area (Å²) < 4.78 is 11.0. The zero-order chi connectivity index (χ0) is 16.9. The van der Waals surface area contributed by atoms with Crippen molar-refractivity contribution in [1.82, 2.24) is 15.2 Å². The summed E-state index contributed by atoms with van der Waals surface area (Å²) in [4.78, 5) is 18.4. The lowest BCUT2D eigenvalue weighted by Crippen LogP contribution is -2.54. The zero-order valence-electron chi connectivity index (χ0n) is 14.5. The van der Waals surface area contributed by atoms with Gasteiger partial charge in [0.15, 0.2) is 0 Å². The number of nitrogens with zero attached hydrogens (tertiary/aromatic N) is 2. The number of carbonyl (C=O) groups excluding carboxylic acids is 1. The molecule has 0 spiro atoms. The first-order valence-electron chi connectivity index (χ1n) is 8.05. The first kappa shape index (κ1) is 17.7. The molecule has 1 amide bonds. The molecule has 1 saturated heterocycles. The standard InChI is InChI=1S/C17H27N3O3/c1-13-5-6-14(19-9-13)10-18-11-15-12-22-8-7-20(15)16(21)23-17(2,3)4/h5-6,9,15,18H,7-8,10-12H2,1-4H3. The van der Waals surface area contributed by atoms with Gasteiger partial charge in [-0.25, -0.2) is 4.79 Å². The van der Waals surface area contributed by atoms with E-state index >= 15 is 0 Å². The van der Waals surface area contributed by atoms with E-state index in [1.165, 1.54) is 0 Å². The molecule has 0 aromatic carbocycles.